The molecule has 0 bridgehead atoms. The van der Waals surface area contributed by atoms with Crippen molar-refractivity contribution >= 4 is 11.8 Å². The van der Waals surface area contributed by atoms with Gasteiger partial charge in [-0.05, 0) is 39.2 Å². The molecular weight excluding hydrogens is 230 g/mol. The van der Waals surface area contributed by atoms with Gasteiger partial charge in [-0.3, -0.25) is 9.59 Å². The second-order valence-corrected chi connectivity index (χ2v) is 4.41. The quantitative estimate of drug-likeness (QED) is 0.460. The Morgan fingerprint density at radius 1 is 1.22 bits per heavy atom. The Labute approximate surface area is 108 Å². The van der Waals surface area contributed by atoms with Crippen molar-refractivity contribution in [2.24, 2.45) is 0 Å². The van der Waals surface area contributed by atoms with E-state index in [0.29, 0.717) is 25.9 Å². The van der Waals surface area contributed by atoms with Gasteiger partial charge in [0.2, 0.25) is 0 Å². The zero-order valence-electron chi connectivity index (χ0n) is 11.3. The number of carbonyl (C=O) groups is 2. The van der Waals surface area contributed by atoms with E-state index < -0.39 is 0 Å². The molecule has 0 aliphatic heterocycles. The number of H-pyrrole nitrogens is 1. The number of hydrogen-bond donors (Lipinski definition) is 1. The largest absolute Gasteiger partial charge is 0.466 e. The minimum Gasteiger partial charge on any atom is -0.466 e. The summed E-state index contributed by atoms with van der Waals surface area (Å²) in [6, 6.07) is 0. The van der Waals surface area contributed by atoms with Gasteiger partial charge < -0.3 is 9.72 Å². The van der Waals surface area contributed by atoms with Gasteiger partial charge in [0.15, 0.2) is 5.78 Å². The zero-order chi connectivity index (χ0) is 13.5. The first-order valence-corrected chi connectivity index (χ1v) is 6.39. The van der Waals surface area contributed by atoms with Crippen molar-refractivity contribution in [2.75, 3.05) is 6.61 Å². The van der Waals surface area contributed by atoms with Crippen LogP contribution >= 0.6 is 0 Å². The number of nitrogens with one attached hydrogen (secondary N) is 1. The van der Waals surface area contributed by atoms with E-state index in [1.807, 2.05) is 20.0 Å². The lowest BCUT2D eigenvalue weighted by molar-refractivity contribution is -0.143. The van der Waals surface area contributed by atoms with Gasteiger partial charge in [-0.2, -0.15) is 0 Å². The normalized spacial score (nSPS) is 10.4. The zero-order valence-corrected chi connectivity index (χ0v) is 11.3. The third-order valence-corrected chi connectivity index (χ3v) is 2.89. The number of aryl methyl sites for hydroxylation is 2. The van der Waals surface area contributed by atoms with E-state index in [1.165, 1.54) is 0 Å². The van der Waals surface area contributed by atoms with Crippen molar-refractivity contribution in [3.05, 3.63) is 23.0 Å². The standard InChI is InChI=1S/C14H21NO3/c1-4-18-13(17)8-6-5-7-12(16)14-10(2)9-15-11(14)3/h9,15H,4-8H2,1-3H3. The van der Waals surface area contributed by atoms with E-state index in [4.69, 9.17) is 4.74 Å². The summed E-state index contributed by atoms with van der Waals surface area (Å²) in [6.45, 7) is 6.03. The second-order valence-electron chi connectivity index (χ2n) is 4.41. The highest BCUT2D eigenvalue weighted by atomic mass is 16.5. The lowest BCUT2D eigenvalue weighted by Gasteiger charge is -2.03. The minimum atomic E-state index is -0.182. The van der Waals surface area contributed by atoms with Gasteiger partial charge in [0, 0.05) is 30.3 Å². The third kappa shape index (κ3) is 4.02. The van der Waals surface area contributed by atoms with Crippen molar-refractivity contribution in [3.8, 4) is 0 Å². The molecule has 0 saturated heterocycles. The molecule has 0 spiro atoms. The third-order valence-electron chi connectivity index (χ3n) is 2.89. The number of hydrogen-bond acceptors (Lipinski definition) is 3. The Kier molecular flexibility index (Phi) is 5.62. The molecule has 1 aromatic rings. The first-order valence-electron chi connectivity index (χ1n) is 6.39. The molecule has 0 fully saturated rings. The monoisotopic (exact) mass is 251 g/mol. The van der Waals surface area contributed by atoms with Gasteiger partial charge >= 0.3 is 5.97 Å². The Morgan fingerprint density at radius 3 is 2.44 bits per heavy atom. The number of aromatic nitrogens is 1. The summed E-state index contributed by atoms with van der Waals surface area (Å²) in [5.41, 5.74) is 2.71. The summed E-state index contributed by atoms with van der Waals surface area (Å²) in [5.74, 6) is -0.0333. The maximum Gasteiger partial charge on any atom is 0.305 e. The molecule has 4 nitrogen and oxygen atoms in total. The van der Waals surface area contributed by atoms with Crippen molar-refractivity contribution < 1.29 is 14.3 Å². The Bertz CT molecular complexity index is 401. The average molecular weight is 251 g/mol. The van der Waals surface area contributed by atoms with Crippen LogP contribution in [0.2, 0.25) is 0 Å². The van der Waals surface area contributed by atoms with Crippen LogP contribution in [-0.2, 0) is 9.53 Å². The van der Waals surface area contributed by atoms with E-state index in [9.17, 15) is 9.59 Å². The fraction of sp³-hybridized carbons (Fsp3) is 0.571. The highest BCUT2D eigenvalue weighted by molar-refractivity contribution is 5.98. The molecule has 1 heterocycles. The maximum atomic E-state index is 12.0. The fourth-order valence-corrected chi connectivity index (χ4v) is 2.00. The molecule has 0 aliphatic carbocycles. The second kappa shape index (κ2) is 6.99. The van der Waals surface area contributed by atoms with Crippen LogP contribution in [-0.4, -0.2) is 23.3 Å². The molecule has 4 heteroatoms. The first kappa shape index (κ1) is 14.5. The predicted molar refractivity (Wildman–Crippen MR) is 69.7 cm³/mol. The van der Waals surface area contributed by atoms with Crippen LogP contribution in [0, 0.1) is 13.8 Å². The first-order chi connectivity index (χ1) is 8.56. The van der Waals surface area contributed by atoms with Gasteiger partial charge in [-0.25, -0.2) is 0 Å². The van der Waals surface area contributed by atoms with E-state index >= 15 is 0 Å². The summed E-state index contributed by atoms with van der Waals surface area (Å²) in [6.07, 6.45) is 4.15. The summed E-state index contributed by atoms with van der Waals surface area (Å²) in [4.78, 5) is 26.1. The molecule has 0 unspecified atom stereocenters. The molecule has 0 atom stereocenters. The SMILES string of the molecule is CCOC(=O)CCCCC(=O)c1c(C)c[nH]c1C. The number of unbranched alkanes of at least 4 members (excludes halogenated alkanes) is 1. The Balaban J connectivity index is 2.32. The highest BCUT2D eigenvalue weighted by Crippen LogP contribution is 2.16. The van der Waals surface area contributed by atoms with Crippen LogP contribution in [0.25, 0.3) is 0 Å². The number of Topliss-reactive ketones (excluding diaryl/α,β-unsaturated/α-hetero) is 1. The summed E-state index contributed by atoms with van der Waals surface area (Å²) >= 11 is 0. The molecule has 1 N–H and O–H groups in total. The van der Waals surface area contributed by atoms with Crippen LogP contribution in [0.3, 0.4) is 0 Å². The smallest absolute Gasteiger partial charge is 0.305 e. The van der Waals surface area contributed by atoms with Crippen molar-refractivity contribution in [3.63, 3.8) is 0 Å². The number of ketones is 1. The lowest BCUT2D eigenvalue weighted by atomic mass is 10.0. The van der Waals surface area contributed by atoms with Gasteiger partial charge in [0.25, 0.3) is 0 Å². The van der Waals surface area contributed by atoms with Gasteiger partial charge in [0.05, 0.1) is 6.61 Å². The van der Waals surface area contributed by atoms with Crippen molar-refractivity contribution in [1.29, 1.82) is 0 Å². The van der Waals surface area contributed by atoms with Crippen LogP contribution < -0.4 is 0 Å². The number of ether oxygens (including phenoxy) is 1. The van der Waals surface area contributed by atoms with Gasteiger partial charge in [-0.1, -0.05) is 0 Å². The van der Waals surface area contributed by atoms with Gasteiger partial charge in [-0.15, -0.1) is 0 Å². The molecule has 0 aromatic carbocycles. The number of esters is 1. The molecule has 1 aromatic heterocycles. The van der Waals surface area contributed by atoms with Crippen LogP contribution in [0.5, 0.6) is 0 Å². The number of rotatable bonds is 7. The minimum absolute atomic E-state index is 0.148. The number of carbonyl (C=O) groups excluding carboxylic acids is 2. The molecule has 1 rings (SSSR count). The highest BCUT2D eigenvalue weighted by Gasteiger charge is 2.13. The van der Waals surface area contributed by atoms with Crippen LogP contribution in [0.4, 0.5) is 0 Å². The molecule has 0 aliphatic rings. The maximum absolute atomic E-state index is 12.0. The predicted octanol–water partition coefficient (Wildman–Crippen LogP) is 2.94. The lowest BCUT2D eigenvalue weighted by Crippen LogP contribution is -2.05. The Morgan fingerprint density at radius 2 is 1.89 bits per heavy atom. The average Bonchev–Trinajstić information content (AvgIpc) is 2.65. The molecule has 100 valence electrons. The summed E-state index contributed by atoms with van der Waals surface area (Å²) < 4.78 is 4.83. The van der Waals surface area contributed by atoms with E-state index in [1.54, 1.807) is 6.92 Å². The molecule has 0 amide bonds. The number of aromatic amines is 1. The molecule has 0 saturated carbocycles. The molecule has 18 heavy (non-hydrogen) atoms. The molecular formula is C14H21NO3. The van der Waals surface area contributed by atoms with Crippen LogP contribution in [0.1, 0.15) is 54.2 Å². The topological polar surface area (TPSA) is 59.2 Å². The van der Waals surface area contributed by atoms with Crippen molar-refractivity contribution in [2.45, 2.75) is 46.5 Å². The fourth-order valence-electron chi connectivity index (χ4n) is 2.00. The van der Waals surface area contributed by atoms with E-state index in [-0.39, 0.29) is 11.8 Å². The molecule has 0 radical (unpaired) electrons. The van der Waals surface area contributed by atoms with Gasteiger partial charge in [0.1, 0.15) is 0 Å². The van der Waals surface area contributed by atoms with E-state index in [0.717, 1.165) is 23.2 Å². The van der Waals surface area contributed by atoms with Crippen LogP contribution in [0.15, 0.2) is 6.20 Å². The summed E-state index contributed by atoms with van der Waals surface area (Å²) in [7, 11) is 0. The van der Waals surface area contributed by atoms with Crippen molar-refractivity contribution in [1.82, 2.24) is 4.98 Å². The van der Waals surface area contributed by atoms with E-state index in [2.05, 4.69) is 4.98 Å². The Hall–Kier alpha value is -1.58. The summed E-state index contributed by atoms with van der Waals surface area (Å²) in [5, 5.41) is 0.